The first kappa shape index (κ1) is 15.4. The third kappa shape index (κ3) is 4.26. The summed E-state index contributed by atoms with van der Waals surface area (Å²) in [5.74, 6) is 1.44. The number of carbonyl (C=O) groups excluding carboxylic acids is 1. The van der Waals surface area contributed by atoms with E-state index in [9.17, 15) is 4.79 Å². The molecule has 112 valence electrons. The minimum atomic E-state index is -0.203. The van der Waals surface area contributed by atoms with Crippen LogP contribution in [0.25, 0.3) is 0 Å². The Balaban J connectivity index is 1.95. The van der Waals surface area contributed by atoms with Gasteiger partial charge in [0.2, 0.25) is 0 Å². The molecular formula is C16H18ClNO3. The highest BCUT2D eigenvalue weighted by molar-refractivity contribution is 6.30. The third-order valence-electron chi connectivity index (χ3n) is 2.93. The summed E-state index contributed by atoms with van der Waals surface area (Å²) < 4.78 is 11.1. The fraction of sp³-hybridized carbons (Fsp3) is 0.312. The Labute approximate surface area is 129 Å². The van der Waals surface area contributed by atoms with E-state index in [2.05, 4.69) is 5.32 Å². The molecule has 0 aliphatic rings. The number of furan rings is 1. The van der Waals surface area contributed by atoms with Crippen molar-refractivity contribution in [2.75, 3.05) is 6.54 Å². The van der Waals surface area contributed by atoms with Gasteiger partial charge in [0.05, 0.1) is 0 Å². The number of carbonyl (C=O) groups is 1. The first-order chi connectivity index (χ1) is 10.1. The number of rotatable bonds is 6. The molecule has 0 radical (unpaired) electrons. The fourth-order valence-corrected chi connectivity index (χ4v) is 2.05. The van der Waals surface area contributed by atoms with Crippen molar-refractivity contribution in [3.63, 3.8) is 0 Å². The first-order valence-electron chi connectivity index (χ1n) is 6.86. The number of benzene rings is 1. The number of aryl methyl sites for hydroxylation is 1. The van der Waals surface area contributed by atoms with Gasteiger partial charge in [-0.15, -0.1) is 0 Å². The molecule has 0 atom stereocenters. The fourth-order valence-electron chi connectivity index (χ4n) is 1.83. The number of hydrogen-bond acceptors (Lipinski definition) is 3. The van der Waals surface area contributed by atoms with E-state index in [-0.39, 0.29) is 12.5 Å². The Kier molecular flexibility index (Phi) is 5.28. The van der Waals surface area contributed by atoms with Crippen molar-refractivity contribution in [1.82, 2.24) is 5.32 Å². The van der Waals surface area contributed by atoms with Crippen LogP contribution < -0.4 is 10.1 Å². The predicted octanol–water partition coefficient (Wildman–Crippen LogP) is 3.96. The van der Waals surface area contributed by atoms with E-state index in [0.29, 0.717) is 23.1 Å². The van der Waals surface area contributed by atoms with Crippen molar-refractivity contribution < 1.29 is 13.9 Å². The predicted molar refractivity (Wildman–Crippen MR) is 81.9 cm³/mol. The standard InChI is InChI=1S/C16H18ClNO3/c1-3-8-18-16(19)15-7-5-13(21-15)10-20-14-6-4-12(17)9-11(14)2/h4-7,9H,3,8,10H2,1-2H3,(H,18,19). The highest BCUT2D eigenvalue weighted by Gasteiger charge is 2.11. The monoisotopic (exact) mass is 307 g/mol. The van der Waals surface area contributed by atoms with Crippen LogP contribution >= 0.6 is 11.6 Å². The van der Waals surface area contributed by atoms with Gasteiger partial charge in [-0.25, -0.2) is 0 Å². The summed E-state index contributed by atoms with van der Waals surface area (Å²) in [6.07, 6.45) is 0.887. The third-order valence-corrected chi connectivity index (χ3v) is 3.16. The van der Waals surface area contributed by atoms with Gasteiger partial charge in [0.15, 0.2) is 5.76 Å². The average molecular weight is 308 g/mol. The van der Waals surface area contributed by atoms with Gasteiger partial charge in [-0.2, -0.15) is 0 Å². The average Bonchev–Trinajstić information content (AvgIpc) is 2.93. The molecule has 2 rings (SSSR count). The minimum absolute atomic E-state index is 0.203. The lowest BCUT2D eigenvalue weighted by atomic mass is 10.2. The van der Waals surface area contributed by atoms with Crippen LogP contribution in [0, 0.1) is 6.92 Å². The largest absolute Gasteiger partial charge is 0.485 e. The van der Waals surface area contributed by atoms with Gasteiger partial charge < -0.3 is 14.5 Å². The van der Waals surface area contributed by atoms with Crippen LogP contribution in [-0.4, -0.2) is 12.5 Å². The molecule has 0 spiro atoms. The van der Waals surface area contributed by atoms with Crippen molar-refractivity contribution in [3.8, 4) is 5.75 Å². The minimum Gasteiger partial charge on any atom is -0.485 e. The number of hydrogen-bond donors (Lipinski definition) is 1. The number of amides is 1. The van der Waals surface area contributed by atoms with E-state index in [1.54, 1.807) is 18.2 Å². The molecule has 0 bridgehead atoms. The van der Waals surface area contributed by atoms with Crippen LogP contribution in [0.15, 0.2) is 34.7 Å². The van der Waals surface area contributed by atoms with Gasteiger partial charge >= 0.3 is 0 Å². The summed E-state index contributed by atoms with van der Waals surface area (Å²) in [5, 5.41) is 3.44. The first-order valence-corrected chi connectivity index (χ1v) is 7.24. The maximum absolute atomic E-state index is 11.7. The summed E-state index contributed by atoms with van der Waals surface area (Å²) in [7, 11) is 0. The second kappa shape index (κ2) is 7.18. The Morgan fingerprint density at radius 3 is 2.86 bits per heavy atom. The van der Waals surface area contributed by atoms with Crippen LogP contribution in [0.3, 0.4) is 0 Å². The van der Waals surface area contributed by atoms with E-state index in [1.165, 1.54) is 0 Å². The summed E-state index contributed by atoms with van der Waals surface area (Å²) >= 11 is 5.90. The zero-order chi connectivity index (χ0) is 15.2. The summed E-state index contributed by atoms with van der Waals surface area (Å²) in [6, 6.07) is 8.82. The van der Waals surface area contributed by atoms with Crippen LogP contribution in [0.5, 0.6) is 5.75 Å². The molecule has 0 aliphatic carbocycles. The van der Waals surface area contributed by atoms with Gasteiger partial charge in [-0.1, -0.05) is 18.5 Å². The van der Waals surface area contributed by atoms with E-state index in [4.69, 9.17) is 20.8 Å². The van der Waals surface area contributed by atoms with Crippen LogP contribution in [0.4, 0.5) is 0 Å². The molecule has 2 aromatic rings. The number of nitrogens with one attached hydrogen (secondary N) is 1. The van der Waals surface area contributed by atoms with Gasteiger partial charge in [-0.05, 0) is 49.2 Å². The van der Waals surface area contributed by atoms with Crippen molar-refractivity contribution in [2.45, 2.75) is 26.9 Å². The Bertz CT molecular complexity index is 622. The molecule has 0 saturated heterocycles. The van der Waals surface area contributed by atoms with Crippen molar-refractivity contribution in [2.24, 2.45) is 0 Å². The lowest BCUT2D eigenvalue weighted by Gasteiger charge is -2.07. The van der Waals surface area contributed by atoms with Gasteiger partial charge in [0, 0.05) is 11.6 Å². The second-order valence-electron chi connectivity index (χ2n) is 4.72. The molecule has 1 aromatic heterocycles. The maximum Gasteiger partial charge on any atom is 0.286 e. The second-order valence-corrected chi connectivity index (χ2v) is 5.16. The topological polar surface area (TPSA) is 51.5 Å². The van der Waals surface area contributed by atoms with E-state index >= 15 is 0 Å². The lowest BCUT2D eigenvalue weighted by molar-refractivity contribution is 0.0922. The number of ether oxygens (including phenoxy) is 1. The molecular weight excluding hydrogens is 290 g/mol. The van der Waals surface area contributed by atoms with E-state index in [1.807, 2.05) is 26.0 Å². The maximum atomic E-state index is 11.7. The molecule has 4 nitrogen and oxygen atoms in total. The molecule has 0 saturated carbocycles. The van der Waals surface area contributed by atoms with Gasteiger partial charge in [0.25, 0.3) is 5.91 Å². The van der Waals surface area contributed by atoms with Gasteiger partial charge in [-0.3, -0.25) is 4.79 Å². The molecule has 0 fully saturated rings. The molecule has 5 heteroatoms. The zero-order valence-corrected chi connectivity index (χ0v) is 12.9. The normalized spacial score (nSPS) is 10.4. The van der Waals surface area contributed by atoms with E-state index < -0.39 is 0 Å². The van der Waals surface area contributed by atoms with E-state index in [0.717, 1.165) is 17.7 Å². The Hall–Kier alpha value is -1.94. The lowest BCUT2D eigenvalue weighted by Crippen LogP contribution is -2.23. The van der Waals surface area contributed by atoms with Crippen molar-refractivity contribution in [3.05, 3.63) is 52.4 Å². The highest BCUT2D eigenvalue weighted by atomic mass is 35.5. The molecule has 21 heavy (non-hydrogen) atoms. The quantitative estimate of drug-likeness (QED) is 0.879. The molecule has 1 heterocycles. The summed E-state index contributed by atoms with van der Waals surface area (Å²) in [6.45, 7) is 4.82. The van der Waals surface area contributed by atoms with Crippen LogP contribution in [0.1, 0.15) is 35.2 Å². The van der Waals surface area contributed by atoms with Crippen LogP contribution in [0.2, 0.25) is 5.02 Å². The Morgan fingerprint density at radius 2 is 2.14 bits per heavy atom. The van der Waals surface area contributed by atoms with Crippen molar-refractivity contribution >= 4 is 17.5 Å². The Morgan fingerprint density at radius 1 is 1.33 bits per heavy atom. The number of halogens is 1. The molecule has 1 N–H and O–H groups in total. The highest BCUT2D eigenvalue weighted by Crippen LogP contribution is 2.23. The van der Waals surface area contributed by atoms with Gasteiger partial charge in [0.1, 0.15) is 18.1 Å². The molecule has 0 unspecified atom stereocenters. The zero-order valence-electron chi connectivity index (χ0n) is 12.1. The summed E-state index contributed by atoms with van der Waals surface area (Å²) in [5.41, 5.74) is 0.954. The smallest absolute Gasteiger partial charge is 0.286 e. The molecule has 1 amide bonds. The molecule has 0 aliphatic heterocycles. The van der Waals surface area contributed by atoms with Crippen molar-refractivity contribution in [1.29, 1.82) is 0 Å². The summed E-state index contributed by atoms with van der Waals surface area (Å²) in [4.78, 5) is 11.7. The SMILES string of the molecule is CCCNC(=O)c1ccc(COc2ccc(Cl)cc2C)o1. The van der Waals surface area contributed by atoms with Crippen LogP contribution in [-0.2, 0) is 6.61 Å². The molecule has 1 aromatic carbocycles.